The van der Waals surface area contributed by atoms with Crippen LogP contribution in [0.4, 0.5) is 0 Å². The molecule has 6 heteroatoms. The van der Waals surface area contributed by atoms with Crippen molar-refractivity contribution >= 4 is 23.2 Å². The van der Waals surface area contributed by atoms with Crippen LogP contribution in [0.1, 0.15) is 24.7 Å². The van der Waals surface area contributed by atoms with E-state index in [1.165, 1.54) is 0 Å². The fourth-order valence-corrected chi connectivity index (χ4v) is 2.09. The molecule has 0 unspecified atom stereocenters. The monoisotopic (exact) mass is 284 g/mol. The Kier molecular flexibility index (Phi) is 4.22. The van der Waals surface area contributed by atoms with Gasteiger partial charge < -0.3 is 5.73 Å². The van der Waals surface area contributed by atoms with Crippen molar-refractivity contribution in [3.8, 4) is 5.69 Å². The quantitative estimate of drug-likeness (QED) is 0.939. The smallest absolute Gasteiger partial charge is 0.0999 e. The van der Waals surface area contributed by atoms with Crippen LogP contribution in [0, 0.1) is 0 Å². The van der Waals surface area contributed by atoms with E-state index >= 15 is 0 Å². The zero-order chi connectivity index (χ0) is 13.1. The Morgan fingerprint density at radius 3 is 2.67 bits per heavy atom. The number of benzene rings is 1. The lowest BCUT2D eigenvalue weighted by Crippen LogP contribution is -2.06. The number of hydrogen-bond donors (Lipinski definition) is 1. The highest BCUT2D eigenvalue weighted by atomic mass is 35.5. The van der Waals surface area contributed by atoms with E-state index in [-0.39, 0.29) is 0 Å². The van der Waals surface area contributed by atoms with E-state index in [9.17, 15) is 0 Å². The summed E-state index contributed by atoms with van der Waals surface area (Å²) in [6, 6.07) is 5.39. The van der Waals surface area contributed by atoms with Crippen LogP contribution < -0.4 is 5.73 Å². The molecule has 0 amide bonds. The van der Waals surface area contributed by atoms with Crippen LogP contribution in [-0.4, -0.2) is 15.0 Å². The van der Waals surface area contributed by atoms with E-state index in [0.717, 1.165) is 29.9 Å². The Labute approximate surface area is 116 Å². The summed E-state index contributed by atoms with van der Waals surface area (Å²) >= 11 is 11.9. The molecule has 4 nitrogen and oxygen atoms in total. The second-order valence-corrected chi connectivity index (χ2v) is 4.76. The van der Waals surface area contributed by atoms with Crippen molar-refractivity contribution in [3.63, 3.8) is 0 Å². The Morgan fingerprint density at radius 1 is 1.28 bits per heavy atom. The predicted molar refractivity (Wildman–Crippen MR) is 73.3 cm³/mol. The predicted octanol–water partition coefficient (Wildman–Crippen LogP) is 2.99. The van der Waals surface area contributed by atoms with Gasteiger partial charge in [-0.2, -0.15) is 0 Å². The molecule has 2 N–H and O–H groups in total. The molecule has 0 aliphatic rings. The topological polar surface area (TPSA) is 56.7 Å². The highest BCUT2D eigenvalue weighted by molar-refractivity contribution is 6.42. The molecule has 0 aliphatic carbocycles. The van der Waals surface area contributed by atoms with Gasteiger partial charge in [0.2, 0.25) is 0 Å². The van der Waals surface area contributed by atoms with Gasteiger partial charge >= 0.3 is 0 Å². The first kappa shape index (κ1) is 13.3. The summed E-state index contributed by atoms with van der Waals surface area (Å²) in [4.78, 5) is 0. The van der Waals surface area contributed by atoms with Gasteiger partial charge in [-0.15, -0.1) is 5.10 Å². The molecule has 0 spiro atoms. The summed E-state index contributed by atoms with van der Waals surface area (Å²) in [7, 11) is 0. The van der Waals surface area contributed by atoms with E-state index in [4.69, 9.17) is 28.9 Å². The number of rotatable bonds is 4. The van der Waals surface area contributed by atoms with Crippen molar-refractivity contribution in [2.24, 2.45) is 5.73 Å². The van der Waals surface area contributed by atoms with Gasteiger partial charge in [-0.05, 0) is 24.6 Å². The fourth-order valence-electron chi connectivity index (χ4n) is 1.80. The van der Waals surface area contributed by atoms with Crippen LogP contribution in [0.15, 0.2) is 18.2 Å². The first-order chi connectivity index (χ1) is 8.67. The first-order valence-electron chi connectivity index (χ1n) is 5.76. The average molecular weight is 285 g/mol. The van der Waals surface area contributed by atoms with Crippen molar-refractivity contribution in [2.75, 3.05) is 0 Å². The van der Waals surface area contributed by atoms with Gasteiger partial charge in [-0.3, -0.25) is 0 Å². The van der Waals surface area contributed by atoms with Gasteiger partial charge in [0.05, 0.1) is 27.1 Å². The van der Waals surface area contributed by atoms with Crippen LogP contribution in [0.5, 0.6) is 0 Å². The van der Waals surface area contributed by atoms with E-state index in [0.29, 0.717) is 16.6 Å². The lowest BCUT2D eigenvalue weighted by atomic mass is 10.2. The van der Waals surface area contributed by atoms with Crippen LogP contribution in [0.3, 0.4) is 0 Å². The fraction of sp³-hybridized carbons (Fsp3) is 0.333. The third-order valence-corrected chi connectivity index (χ3v) is 3.41. The van der Waals surface area contributed by atoms with E-state index in [1.807, 2.05) is 6.07 Å². The summed E-state index contributed by atoms with van der Waals surface area (Å²) in [6.45, 7) is 2.49. The van der Waals surface area contributed by atoms with Crippen LogP contribution in [-0.2, 0) is 13.0 Å². The summed E-state index contributed by atoms with van der Waals surface area (Å²) in [5.74, 6) is 0. The highest BCUT2D eigenvalue weighted by Crippen LogP contribution is 2.25. The molecule has 2 rings (SSSR count). The zero-order valence-corrected chi connectivity index (χ0v) is 11.5. The minimum absolute atomic E-state index is 0.386. The average Bonchev–Trinajstić information content (AvgIpc) is 2.76. The summed E-state index contributed by atoms with van der Waals surface area (Å²) in [5, 5.41) is 9.25. The second kappa shape index (κ2) is 5.69. The van der Waals surface area contributed by atoms with Crippen LogP contribution >= 0.6 is 23.2 Å². The van der Waals surface area contributed by atoms with Gasteiger partial charge in [0.1, 0.15) is 0 Å². The molecule has 2 aromatic rings. The molecule has 0 aliphatic heterocycles. The summed E-state index contributed by atoms with van der Waals surface area (Å²) < 4.78 is 1.77. The Morgan fingerprint density at radius 2 is 2.06 bits per heavy atom. The summed E-state index contributed by atoms with van der Waals surface area (Å²) in [5.41, 5.74) is 8.36. The molecule has 18 heavy (non-hydrogen) atoms. The van der Waals surface area contributed by atoms with Gasteiger partial charge in [-0.25, -0.2) is 4.68 Å². The standard InChI is InChI=1S/C12H14Cl2N4/c1-2-3-12-11(7-15)16-17-18(12)8-4-5-9(13)10(14)6-8/h4-6H,2-3,7,15H2,1H3. The van der Waals surface area contributed by atoms with E-state index in [1.54, 1.807) is 16.8 Å². The zero-order valence-electron chi connectivity index (χ0n) is 10.0. The Balaban J connectivity index is 2.49. The molecule has 96 valence electrons. The van der Waals surface area contributed by atoms with Crippen molar-refractivity contribution in [2.45, 2.75) is 26.3 Å². The minimum Gasteiger partial charge on any atom is -0.325 e. The highest BCUT2D eigenvalue weighted by Gasteiger charge is 2.13. The number of hydrogen-bond acceptors (Lipinski definition) is 3. The molecule has 1 aromatic heterocycles. The van der Waals surface area contributed by atoms with Gasteiger partial charge in [0.25, 0.3) is 0 Å². The van der Waals surface area contributed by atoms with Crippen molar-refractivity contribution < 1.29 is 0 Å². The van der Waals surface area contributed by atoms with Gasteiger partial charge in [0, 0.05) is 6.54 Å². The van der Waals surface area contributed by atoms with Gasteiger partial charge in [-0.1, -0.05) is 41.8 Å². The van der Waals surface area contributed by atoms with Crippen molar-refractivity contribution in [3.05, 3.63) is 39.6 Å². The molecule has 0 saturated heterocycles. The summed E-state index contributed by atoms with van der Waals surface area (Å²) in [6.07, 6.45) is 1.88. The maximum Gasteiger partial charge on any atom is 0.0999 e. The van der Waals surface area contributed by atoms with Gasteiger partial charge in [0.15, 0.2) is 0 Å². The first-order valence-corrected chi connectivity index (χ1v) is 6.52. The largest absolute Gasteiger partial charge is 0.325 e. The SMILES string of the molecule is CCCc1c(CN)nnn1-c1ccc(Cl)c(Cl)c1. The lowest BCUT2D eigenvalue weighted by Gasteiger charge is -2.07. The maximum absolute atomic E-state index is 6.02. The van der Waals surface area contributed by atoms with E-state index in [2.05, 4.69) is 17.2 Å². The molecule has 0 atom stereocenters. The molecular formula is C12H14Cl2N4. The lowest BCUT2D eigenvalue weighted by molar-refractivity contribution is 0.745. The molecular weight excluding hydrogens is 271 g/mol. The van der Waals surface area contributed by atoms with Crippen molar-refractivity contribution in [1.29, 1.82) is 0 Å². The number of aromatic nitrogens is 3. The molecule has 0 fully saturated rings. The third-order valence-electron chi connectivity index (χ3n) is 2.67. The number of nitrogens with zero attached hydrogens (tertiary/aromatic N) is 3. The number of halogens is 2. The third kappa shape index (κ3) is 2.51. The molecule has 0 saturated carbocycles. The van der Waals surface area contributed by atoms with Crippen molar-refractivity contribution in [1.82, 2.24) is 15.0 Å². The van der Waals surface area contributed by atoms with Crippen LogP contribution in [0.2, 0.25) is 10.0 Å². The molecule has 1 heterocycles. The normalized spacial score (nSPS) is 10.9. The minimum atomic E-state index is 0.386. The maximum atomic E-state index is 6.02. The molecule has 0 bridgehead atoms. The van der Waals surface area contributed by atoms with E-state index < -0.39 is 0 Å². The number of nitrogens with two attached hydrogens (primary N) is 1. The second-order valence-electron chi connectivity index (χ2n) is 3.95. The molecule has 1 aromatic carbocycles. The van der Waals surface area contributed by atoms with Crippen LogP contribution in [0.25, 0.3) is 5.69 Å². The Hall–Kier alpha value is -1.10. The Bertz CT molecular complexity index is 551. The molecule has 0 radical (unpaired) electrons.